The van der Waals surface area contributed by atoms with E-state index in [0.29, 0.717) is 5.69 Å². The lowest BCUT2D eigenvalue weighted by atomic mass is 10.1. The summed E-state index contributed by atoms with van der Waals surface area (Å²) in [5, 5.41) is 9.40. The molecule has 1 heterocycles. The van der Waals surface area contributed by atoms with E-state index in [0.717, 1.165) is 11.3 Å². The maximum Gasteiger partial charge on any atom is 0.136 e. The maximum absolute atomic E-state index is 9.40. The van der Waals surface area contributed by atoms with Crippen molar-refractivity contribution in [3.05, 3.63) is 47.7 Å². The van der Waals surface area contributed by atoms with Crippen molar-refractivity contribution in [1.82, 2.24) is 4.98 Å². The summed E-state index contributed by atoms with van der Waals surface area (Å²) in [5.41, 5.74) is 3.87. The van der Waals surface area contributed by atoms with E-state index in [1.165, 1.54) is 5.56 Å². The van der Waals surface area contributed by atoms with E-state index in [1.807, 2.05) is 24.3 Å². The van der Waals surface area contributed by atoms with Gasteiger partial charge in [-0.25, -0.2) is 4.98 Å². The largest absolute Gasteiger partial charge is 0.506 e. The first-order chi connectivity index (χ1) is 7.18. The minimum Gasteiger partial charge on any atom is -0.506 e. The Balaban J connectivity index is 2.55. The number of rotatable bonds is 1. The van der Waals surface area contributed by atoms with E-state index in [2.05, 4.69) is 18.0 Å². The van der Waals surface area contributed by atoms with Gasteiger partial charge in [0, 0.05) is 5.56 Å². The topological polar surface area (TPSA) is 33.1 Å². The Bertz CT molecular complexity index is 492. The van der Waals surface area contributed by atoms with Gasteiger partial charge >= 0.3 is 0 Å². The molecule has 0 fully saturated rings. The Morgan fingerprint density at radius 1 is 1.00 bits per heavy atom. The molecule has 0 aliphatic carbocycles. The third kappa shape index (κ3) is 1.84. The average Bonchev–Trinajstić information content (AvgIpc) is 2.23. The van der Waals surface area contributed by atoms with E-state index in [4.69, 9.17) is 0 Å². The summed E-state index contributed by atoms with van der Waals surface area (Å²) >= 11 is 0. The summed E-state index contributed by atoms with van der Waals surface area (Å²) in [5.74, 6) is 0.243. The Morgan fingerprint density at radius 2 is 1.73 bits per heavy atom. The lowest BCUT2D eigenvalue weighted by molar-refractivity contribution is 0.468. The third-order valence-corrected chi connectivity index (χ3v) is 2.48. The van der Waals surface area contributed by atoms with Gasteiger partial charge in [-0.1, -0.05) is 24.3 Å². The second-order valence-corrected chi connectivity index (χ2v) is 3.62. The van der Waals surface area contributed by atoms with E-state index in [-0.39, 0.29) is 5.75 Å². The van der Waals surface area contributed by atoms with Crippen molar-refractivity contribution in [3.8, 4) is 17.0 Å². The second kappa shape index (κ2) is 3.73. The van der Waals surface area contributed by atoms with Crippen LogP contribution < -0.4 is 0 Å². The predicted octanol–water partition coefficient (Wildman–Crippen LogP) is 3.07. The zero-order valence-corrected chi connectivity index (χ0v) is 8.86. The Morgan fingerprint density at radius 3 is 2.40 bits per heavy atom. The van der Waals surface area contributed by atoms with Crippen LogP contribution in [0.3, 0.4) is 0 Å². The van der Waals surface area contributed by atoms with E-state index >= 15 is 0 Å². The fourth-order valence-electron chi connectivity index (χ4n) is 1.56. The van der Waals surface area contributed by atoms with Gasteiger partial charge in [0.05, 0.1) is 11.4 Å². The van der Waals surface area contributed by atoms with E-state index < -0.39 is 0 Å². The fraction of sp³-hybridized carbons (Fsp3) is 0.154. The number of pyridine rings is 1. The highest BCUT2D eigenvalue weighted by molar-refractivity contribution is 5.63. The Labute approximate surface area is 89.2 Å². The van der Waals surface area contributed by atoms with Gasteiger partial charge in [-0.05, 0) is 31.5 Å². The van der Waals surface area contributed by atoms with Crippen LogP contribution in [0, 0.1) is 13.8 Å². The Hall–Kier alpha value is -1.83. The van der Waals surface area contributed by atoms with Crippen molar-refractivity contribution < 1.29 is 5.11 Å². The smallest absolute Gasteiger partial charge is 0.136 e. The van der Waals surface area contributed by atoms with E-state index in [9.17, 15) is 5.11 Å². The van der Waals surface area contributed by atoms with Crippen LogP contribution in [0.4, 0.5) is 0 Å². The van der Waals surface area contributed by atoms with Gasteiger partial charge in [0.15, 0.2) is 0 Å². The first kappa shape index (κ1) is 9.71. The summed E-state index contributed by atoms with van der Waals surface area (Å²) in [6.45, 7) is 3.86. The van der Waals surface area contributed by atoms with Crippen molar-refractivity contribution in [1.29, 1.82) is 0 Å². The number of hydrogen-bond acceptors (Lipinski definition) is 2. The number of benzene rings is 1. The molecular weight excluding hydrogens is 186 g/mol. The zero-order chi connectivity index (χ0) is 10.8. The maximum atomic E-state index is 9.40. The highest BCUT2D eigenvalue weighted by Crippen LogP contribution is 2.24. The van der Waals surface area contributed by atoms with E-state index in [1.54, 1.807) is 13.0 Å². The molecule has 0 bridgehead atoms. The van der Waals surface area contributed by atoms with Gasteiger partial charge in [0.1, 0.15) is 5.75 Å². The van der Waals surface area contributed by atoms with Crippen molar-refractivity contribution in [2.45, 2.75) is 13.8 Å². The zero-order valence-electron chi connectivity index (χ0n) is 8.86. The van der Waals surface area contributed by atoms with Gasteiger partial charge in [0.25, 0.3) is 0 Å². The molecule has 2 rings (SSSR count). The molecule has 0 spiro atoms. The highest BCUT2D eigenvalue weighted by Gasteiger charge is 2.04. The molecule has 0 saturated carbocycles. The quantitative estimate of drug-likeness (QED) is 0.765. The van der Waals surface area contributed by atoms with Crippen LogP contribution in [-0.2, 0) is 0 Å². The SMILES string of the molecule is Cc1ccccc1-c1ccc(O)c(C)n1. The van der Waals surface area contributed by atoms with Crippen LogP contribution in [-0.4, -0.2) is 10.1 Å². The number of aromatic nitrogens is 1. The summed E-state index contributed by atoms with van der Waals surface area (Å²) in [4.78, 5) is 4.35. The molecule has 2 heteroatoms. The molecule has 0 aliphatic rings. The lowest BCUT2D eigenvalue weighted by Gasteiger charge is -2.06. The van der Waals surface area contributed by atoms with Crippen LogP contribution in [0.2, 0.25) is 0 Å². The molecule has 0 atom stereocenters. The molecule has 0 radical (unpaired) electrons. The van der Waals surface area contributed by atoms with Crippen molar-refractivity contribution in [2.75, 3.05) is 0 Å². The van der Waals surface area contributed by atoms with Gasteiger partial charge in [-0.15, -0.1) is 0 Å². The van der Waals surface area contributed by atoms with Gasteiger partial charge in [0.2, 0.25) is 0 Å². The summed E-state index contributed by atoms with van der Waals surface area (Å²) < 4.78 is 0. The molecule has 0 unspecified atom stereocenters. The molecule has 1 aromatic carbocycles. The van der Waals surface area contributed by atoms with Crippen LogP contribution in [0.1, 0.15) is 11.3 Å². The number of aryl methyl sites for hydroxylation is 2. The van der Waals surface area contributed by atoms with Crippen molar-refractivity contribution in [2.24, 2.45) is 0 Å². The number of aromatic hydroxyl groups is 1. The Kier molecular flexibility index (Phi) is 2.42. The molecular formula is C13H13NO. The lowest BCUT2D eigenvalue weighted by Crippen LogP contribution is -1.89. The minimum atomic E-state index is 0.243. The molecule has 76 valence electrons. The summed E-state index contributed by atoms with van der Waals surface area (Å²) in [6, 6.07) is 11.6. The second-order valence-electron chi connectivity index (χ2n) is 3.62. The van der Waals surface area contributed by atoms with Gasteiger partial charge < -0.3 is 5.11 Å². The van der Waals surface area contributed by atoms with Gasteiger partial charge in [-0.2, -0.15) is 0 Å². The molecule has 0 saturated heterocycles. The molecule has 0 amide bonds. The number of hydrogen-bond donors (Lipinski definition) is 1. The summed E-state index contributed by atoms with van der Waals surface area (Å²) in [6.07, 6.45) is 0. The van der Waals surface area contributed by atoms with Crippen molar-refractivity contribution >= 4 is 0 Å². The fourth-order valence-corrected chi connectivity index (χ4v) is 1.56. The summed E-state index contributed by atoms with van der Waals surface area (Å²) in [7, 11) is 0. The molecule has 2 aromatic rings. The molecule has 2 nitrogen and oxygen atoms in total. The van der Waals surface area contributed by atoms with Crippen LogP contribution >= 0.6 is 0 Å². The molecule has 15 heavy (non-hydrogen) atoms. The molecule has 1 N–H and O–H groups in total. The van der Waals surface area contributed by atoms with Crippen molar-refractivity contribution in [3.63, 3.8) is 0 Å². The first-order valence-corrected chi connectivity index (χ1v) is 4.91. The monoisotopic (exact) mass is 199 g/mol. The molecule has 1 aromatic heterocycles. The first-order valence-electron chi connectivity index (χ1n) is 4.91. The molecule has 0 aliphatic heterocycles. The van der Waals surface area contributed by atoms with Gasteiger partial charge in [-0.3, -0.25) is 0 Å². The third-order valence-electron chi connectivity index (χ3n) is 2.48. The normalized spacial score (nSPS) is 10.3. The minimum absolute atomic E-state index is 0.243. The number of nitrogens with zero attached hydrogens (tertiary/aromatic N) is 1. The van der Waals surface area contributed by atoms with Crippen LogP contribution in [0.15, 0.2) is 36.4 Å². The van der Waals surface area contributed by atoms with Crippen LogP contribution in [0.25, 0.3) is 11.3 Å². The van der Waals surface area contributed by atoms with Crippen LogP contribution in [0.5, 0.6) is 5.75 Å². The predicted molar refractivity (Wildman–Crippen MR) is 60.8 cm³/mol. The average molecular weight is 199 g/mol. The standard InChI is InChI=1S/C13H13NO/c1-9-5-3-4-6-11(9)12-7-8-13(15)10(2)14-12/h3-8,15H,1-2H3. The highest BCUT2D eigenvalue weighted by atomic mass is 16.3.